The predicted octanol–water partition coefficient (Wildman–Crippen LogP) is 4.03. The number of aromatic nitrogens is 3. The Bertz CT molecular complexity index is 1320. The molecule has 0 radical (unpaired) electrons. The smallest absolute Gasteiger partial charge is 0.270 e. The molecule has 5 rings (SSSR count). The topological polar surface area (TPSA) is 83.5 Å². The number of hydrogen-bond acceptors (Lipinski definition) is 7. The monoisotopic (exact) mass is 496 g/mol. The highest BCUT2D eigenvalue weighted by Gasteiger charge is 2.18. The van der Waals surface area contributed by atoms with Crippen LogP contribution in [-0.2, 0) is 0 Å². The number of pyridine rings is 1. The molecule has 37 heavy (non-hydrogen) atoms. The van der Waals surface area contributed by atoms with Gasteiger partial charge in [0.25, 0.3) is 5.91 Å². The first-order chi connectivity index (χ1) is 18.2. The number of nitrogens with zero attached hydrogens (tertiary/aromatic N) is 5. The van der Waals surface area contributed by atoms with Crippen molar-refractivity contribution in [2.24, 2.45) is 0 Å². The number of rotatable bonds is 9. The van der Waals surface area contributed by atoms with Crippen molar-refractivity contribution in [2.75, 3.05) is 50.8 Å². The molecule has 190 valence electrons. The number of benzene rings is 2. The molecule has 8 heteroatoms. The molecule has 0 atom stereocenters. The zero-order valence-corrected chi connectivity index (χ0v) is 21.1. The molecular formula is C29H32N6O2. The summed E-state index contributed by atoms with van der Waals surface area (Å²) in [4.78, 5) is 31.5. The van der Waals surface area contributed by atoms with E-state index >= 15 is 0 Å². The second-order valence-electron chi connectivity index (χ2n) is 9.01. The van der Waals surface area contributed by atoms with E-state index in [2.05, 4.69) is 37.2 Å². The molecule has 3 heterocycles. The number of piperazine rings is 1. The molecule has 0 bridgehead atoms. The molecule has 1 N–H and O–H groups in total. The highest BCUT2D eigenvalue weighted by atomic mass is 16.5. The zero-order valence-electron chi connectivity index (χ0n) is 21.1. The molecule has 4 aromatic rings. The number of carbonyl (C=O) groups excluding carboxylic acids is 1. The lowest BCUT2D eigenvalue weighted by atomic mass is 10.1. The predicted molar refractivity (Wildman–Crippen MR) is 146 cm³/mol. The third kappa shape index (κ3) is 6.03. The van der Waals surface area contributed by atoms with Crippen molar-refractivity contribution in [1.82, 2.24) is 25.2 Å². The van der Waals surface area contributed by atoms with E-state index in [0.717, 1.165) is 61.4 Å². The maximum Gasteiger partial charge on any atom is 0.270 e. The van der Waals surface area contributed by atoms with Crippen LogP contribution in [0, 0.1) is 0 Å². The van der Waals surface area contributed by atoms with Crippen molar-refractivity contribution in [2.45, 2.75) is 13.3 Å². The molecule has 0 saturated carbocycles. The Morgan fingerprint density at radius 1 is 0.946 bits per heavy atom. The summed E-state index contributed by atoms with van der Waals surface area (Å²) in [5.41, 5.74) is 3.22. The summed E-state index contributed by atoms with van der Waals surface area (Å²) < 4.78 is 5.54. The summed E-state index contributed by atoms with van der Waals surface area (Å²) in [5, 5.41) is 3.83. The Balaban J connectivity index is 1.19. The number of anilines is 1. The van der Waals surface area contributed by atoms with Gasteiger partial charge in [-0.25, -0.2) is 9.97 Å². The first-order valence-electron chi connectivity index (χ1n) is 12.9. The van der Waals surface area contributed by atoms with Crippen LogP contribution >= 0.6 is 0 Å². The number of hydrogen-bond donors (Lipinski definition) is 1. The Hall–Kier alpha value is -4.04. The van der Waals surface area contributed by atoms with E-state index in [1.165, 1.54) is 5.69 Å². The van der Waals surface area contributed by atoms with Gasteiger partial charge >= 0.3 is 0 Å². The van der Waals surface area contributed by atoms with Crippen LogP contribution in [0.4, 0.5) is 5.69 Å². The molecule has 0 spiro atoms. The van der Waals surface area contributed by atoms with E-state index in [1.54, 1.807) is 0 Å². The van der Waals surface area contributed by atoms with Gasteiger partial charge in [0.15, 0.2) is 5.82 Å². The molecule has 8 nitrogen and oxygen atoms in total. The third-order valence-corrected chi connectivity index (χ3v) is 6.58. The first-order valence-corrected chi connectivity index (χ1v) is 12.9. The quantitative estimate of drug-likeness (QED) is 0.350. The largest absolute Gasteiger partial charge is 0.494 e. The Labute approximate surface area is 217 Å². The molecule has 2 aromatic carbocycles. The van der Waals surface area contributed by atoms with Crippen LogP contribution in [-0.4, -0.2) is 71.6 Å². The number of para-hydroxylation sites is 1. The average Bonchev–Trinajstić information content (AvgIpc) is 2.96. The fraction of sp³-hybridized carbons (Fsp3) is 0.310. The van der Waals surface area contributed by atoms with Crippen molar-refractivity contribution in [1.29, 1.82) is 0 Å². The van der Waals surface area contributed by atoms with Crippen LogP contribution in [0.5, 0.6) is 5.75 Å². The highest BCUT2D eigenvalue weighted by molar-refractivity contribution is 6.04. The van der Waals surface area contributed by atoms with E-state index < -0.39 is 0 Å². The van der Waals surface area contributed by atoms with E-state index in [4.69, 9.17) is 9.72 Å². The molecule has 1 aliphatic heterocycles. The first kappa shape index (κ1) is 24.6. The summed E-state index contributed by atoms with van der Waals surface area (Å²) in [6, 6.07) is 19.4. The number of ether oxygens (including phenoxy) is 1. The molecule has 1 fully saturated rings. The van der Waals surface area contributed by atoms with Crippen LogP contribution in [0.15, 0.2) is 73.1 Å². The molecule has 0 aliphatic carbocycles. The lowest BCUT2D eigenvalue weighted by Gasteiger charge is -2.36. The zero-order chi connectivity index (χ0) is 25.5. The van der Waals surface area contributed by atoms with Gasteiger partial charge in [-0.15, -0.1) is 0 Å². The fourth-order valence-corrected chi connectivity index (χ4v) is 4.62. The summed E-state index contributed by atoms with van der Waals surface area (Å²) in [7, 11) is 0. The van der Waals surface area contributed by atoms with Crippen LogP contribution < -0.4 is 15.0 Å². The second kappa shape index (κ2) is 11.8. The maximum atomic E-state index is 13.2. The van der Waals surface area contributed by atoms with Crippen LogP contribution in [0.25, 0.3) is 22.3 Å². The Morgan fingerprint density at radius 3 is 2.46 bits per heavy atom. The van der Waals surface area contributed by atoms with E-state index in [9.17, 15) is 4.79 Å². The van der Waals surface area contributed by atoms with Gasteiger partial charge in [-0.2, -0.15) is 0 Å². The van der Waals surface area contributed by atoms with Gasteiger partial charge in [0.05, 0.1) is 12.1 Å². The summed E-state index contributed by atoms with van der Waals surface area (Å²) in [6.45, 7) is 8.13. The highest BCUT2D eigenvalue weighted by Crippen LogP contribution is 2.24. The number of carbonyl (C=O) groups is 1. The van der Waals surface area contributed by atoms with Crippen LogP contribution in [0.1, 0.15) is 23.8 Å². The SMILES string of the molecule is CCOc1ccc(-c2nc(C(=O)NCCCN3CCN(c4ccncc4)CC3)c3ccccc3n2)cc1. The minimum Gasteiger partial charge on any atom is -0.494 e. The Kier molecular flexibility index (Phi) is 7.86. The van der Waals surface area contributed by atoms with Gasteiger partial charge in [0, 0.05) is 61.8 Å². The third-order valence-electron chi connectivity index (χ3n) is 6.58. The van der Waals surface area contributed by atoms with E-state index in [1.807, 2.05) is 67.8 Å². The molecule has 0 unspecified atom stereocenters. The van der Waals surface area contributed by atoms with Crippen molar-refractivity contribution < 1.29 is 9.53 Å². The standard InChI is InChI=1S/C29H32N6O2/c1-2-37-24-10-8-22(9-11-24)28-32-26-7-4-3-6-25(26)27(33-28)29(36)31-14-5-17-34-18-20-35(21-19-34)23-12-15-30-16-13-23/h3-4,6-13,15-16H,2,5,14,17-21H2,1H3,(H,31,36). The van der Waals surface area contributed by atoms with Crippen molar-refractivity contribution in [3.63, 3.8) is 0 Å². The summed E-state index contributed by atoms with van der Waals surface area (Å²) >= 11 is 0. The molecule has 1 amide bonds. The second-order valence-corrected chi connectivity index (χ2v) is 9.01. The summed E-state index contributed by atoms with van der Waals surface area (Å²) in [6.07, 6.45) is 4.56. The van der Waals surface area contributed by atoms with Gasteiger partial charge in [-0.1, -0.05) is 18.2 Å². The van der Waals surface area contributed by atoms with Gasteiger partial charge in [0.1, 0.15) is 11.4 Å². The van der Waals surface area contributed by atoms with Gasteiger partial charge in [-0.3, -0.25) is 14.7 Å². The lowest BCUT2D eigenvalue weighted by molar-refractivity contribution is 0.0948. The maximum absolute atomic E-state index is 13.2. The lowest BCUT2D eigenvalue weighted by Crippen LogP contribution is -2.47. The van der Waals surface area contributed by atoms with Gasteiger partial charge in [-0.05, 0) is 62.4 Å². The van der Waals surface area contributed by atoms with Crippen molar-refractivity contribution in [3.05, 3.63) is 78.8 Å². The minimum atomic E-state index is -0.173. The normalized spacial score (nSPS) is 14.0. The minimum absolute atomic E-state index is 0.173. The van der Waals surface area contributed by atoms with E-state index in [0.29, 0.717) is 24.7 Å². The van der Waals surface area contributed by atoms with Gasteiger partial charge in [0.2, 0.25) is 0 Å². The number of amides is 1. The van der Waals surface area contributed by atoms with Crippen LogP contribution in [0.2, 0.25) is 0 Å². The van der Waals surface area contributed by atoms with Crippen LogP contribution in [0.3, 0.4) is 0 Å². The molecule has 1 saturated heterocycles. The van der Waals surface area contributed by atoms with E-state index in [-0.39, 0.29) is 5.91 Å². The van der Waals surface area contributed by atoms with Crippen molar-refractivity contribution in [3.8, 4) is 17.1 Å². The Morgan fingerprint density at radius 2 is 1.70 bits per heavy atom. The molecular weight excluding hydrogens is 464 g/mol. The number of nitrogens with one attached hydrogen (secondary N) is 1. The van der Waals surface area contributed by atoms with Gasteiger partial charge < -0.3 is 15.0 Å². The molecule has 1 aliphatic rings. The number of fused-ring (bicyclic) bond motifs is 1. The summed E-state index contributed by atoms with van der Waals surface area (Å²) in [5.74, 6) is 1.15. The van der Waals surface area contributed by atoms with Crippen molar-refractivity contribution >= 4 is 22.5 Å². The average molecular weight is 497 g/mol. The fourth-order valence-electron chi connectivity index (χ4n) is 4.62. The molecule has 2 aromatic heterocycles.